The van der Waals surface area contributed by atoms with Gasteiger partial charge in [-0.3, -0.25) is 19.2 Å². The quantitative estimate of drug-likeness (QED) is 0.0956. The minimum Gasteiger partial charge on any atom is -0.459 e. The molecule has 23 nitrogen and oxygen atoms in total. The van der Waals surface area contributed by atoms with Gasteiger partial charge in [0.2, 0.25) is 0 Å². The van der Waals surface area contributed by atoms with Crippen LogP contribution in [0.15, 0.2) is 0 Å². The van der Waals surface area contributed by atoms with Crippen molar-refractivity contribution in [3.63, 3.8) is 0 Å². The average molecular weight is 1380 g/mol. The molecule has 6 heterocycles. The highest BCUT2D eigenvalue weighted by atomic mass is 16.7. The van der Waals surface area contributed by atoms with Gasteiger partial charge in [-0.2, -0.15) is 0 Å². The fourth-order valence-corrected chi connectivity index (χ4v) is 16.7. The maximum Gasteiger partial charge on any atom is 0.311 e. The van der Waals surface area contributed by atoms with Crippen LogP contribution in [0.4, 0.5) is 0 Å². The van der Waals surface area contributed by atoms with Crippen LogP contribution in [0.2, 0.25) is 0 Å². The normalized spacial score (nSPS) is 49.0. The van der Waals surface area contributed by atoms with Gasteiger partial charge in [-0.05, 0) is 129 Å². The number of esters is 2. The molecule has 33 atom stereocenters. The molecule has 0 radical (unpaired) electrons. The Bertz CT molecular complexity index is 2350. The van der Waals surface area contributed by atoms with Gasteiger partial charge in [-0.1, -0.05) is 111 Å². The molecule has 6 fully saturated rings. The van der Waals surface area contributed by atoms with E-state index in [-0.39, 0.29) is 49.1 Å². The summed E-state index contributed by atoms with van der Waals surface area (Å²) in [5.74, 6) is -8.79. The van der Waals surface area contributed by atoms with Crippen LogP contribution in [-0.4, -0.2) is 209 Å². The fraction of sp³-hybridized carbons (Fsp3) is 0.945. The van der Waals surface area contributed by atoms with Gasteiger partial charge in [0.15, 0.2) is 25.2 Å². The van der Waals surface area contributed by atoms with E-state index in [9.17, 15) is 65.1 Å². The van der Waals surface area contributed by atoms with E-state index >= 15 is 0 Å². The van der Waals surface area contributed by atoms with Crippen molar-refractivity contribution in [3.05, 3.63) is 0 Å². The number of ether oxygens (including phenoxy) is 10. The fourth-order valence-electron chi connectivity index (χ4n) is 16.7. The smallest absolute Gasteiger partial charge is 0.311 e. The number of carbonyl (C=O) groups is 4. The zero-order valence-electron chi connectivity index (χ0n) is 62.7. The average Bonchev–Trinajstić information content (AvgIpc) is 0.784. The van der Waals surface area contributed by atoms with Crippen molar-refractivity contribution in [1.82, 2.24) is 0 Å². The zero-order chi connectivity index (χ0) is 73.4. The molecule has 0 amide bonds. The predicted octanol–water partition coefficient (Wildman–Crippen LogP) is 7.50. The third kappa shape index (κ3) is 19.3. The van der Waals surface area contributed by atoms with Crippen molar-refractivity contribution in [2.24, 2.45) is 75.4 Å². The van der Waals surface area contributed by atoms with Crippen molar-refractivity contribution in [1.29, 1.82) is 0 Å². The topological polar surface area (TPSA) is 343 Å². The molecule has 0 aliphatic carbocycles. The second-order valence-corrected chi connectivity index (χ2v) is 33.4. The molecule has 0 bridgehead atoms. The van der Waals surface area contributed by atoms with Crippen LogP contribution in [0.25, 0.3) is 0 Å². The summed E-state index contributed by atoms with van der Waals surface area (Å²) in [7, 11) is 0. The van der Waals surface area contributed by atoms with Crippen LogP contribution in [0.5, 0.6) is 0 Å². The van der Waals surface area contributed by atoms with E-state index in [4.69, 9.17) is 47.4 Å². The van der Waals surface area contributed by atoms with Crippen molar-refractivity contribution in [3.8, 4) is 0 Å². The van der Waals surface area contributed by atoms with E-state index in [2.05, 4.69) is 0 Å². The molecule has 0 aromatic carbocycles. The molecule has 23 heteroatoms. The monoisotopic (exact) mass is 1370 g/mol. The molecule has 0 aromatic rings. The molecule has 9 N–H and O–H groups in total. The Balaban J connectivity index is 0.000000347. The maximum absolute atomic E-state index is 14.0. The Morgan fingerprint density at radius 1 is 0.417 bits per heavy atom. The highest BCUT2D eigenvalue weighted by Gasteiger charge is 2.56. The van der Waals surface area contributed by atoms with Gasteiger partial charge in [-0.15, -0.1) is 0 Å². The van der Waals surface area contributed by atoms with E-state index in [0.717, 1.165) is 0 Å². The van der Waals surface area contributed by atoms with E-state index in [1.165, 1.54) is 27.7 Å². The van der Waals surface area contributed by atoms with Crippen LogP contribution < -0.4 is 0 Å². The van der Waals surface area contributed by atoms with E-state index in [0.29, 0.717) is 32.1 Å². The lowest BCUT2D eigenvalue weighted by Crippen LogP contribution is -2.59. The largest absolute Gasteiger partial charge is 0.459 e. The number of hydrogen-bond donors (Lipinski definition) is 9. The maximum atomic E-state index is 14.0. The molecule has 6 aliphatic rings. The Labute approximate surface area is 573 Å². The van der Waals surface area contributed by atoms with Crippen LogP contribution in [0.3, 0.4) is 0 Å². The first kappa shape index (κ1) is 84.3. The lowest BCUT2D eigenvalue weighted by Gasteiger charge is -2.49. The number of Topliss-reactive ketones (excluding diaryl/α,β-unsaturated/α-hetero) is 2. The molecule has 6 aliphatic heterocycles. The van der Waals surface area contributed by atoms with Gasteiger partial charge in [-0.25, -0.2) is 0 Å². The molecular weight excluding hydrogens is 1240 g/mol. The summed E-state index contributed by atoms with van der Waals surface area (Å²) in [6.07, 6.45) is -15.1. The second-order valence-electron chi connectivity index (χ2n) is 33.4. The van der Waals surface area contributed by atoms with Gasteiger partial charge in [0.25, 0.3) is 0 Å². The van der Waals surface area contributed by atoms with Crippen LogP contribution >= 0.6 is 0 Å². The Hall–Kier alpha value is -2.40. The standard InChI is InChI=1S/C37H66O11.C36H64O12/c1-14-25-37(13,43)30(40)21(5)27(38)19(3)16-36(11,12)32(48-34-28(39)18(2)15-20(4)44-34)22(6)29(23(7)33(42)46-25)47-26-17-35(9,10)31(41)24(8)45-26;1-13-24-36(12,43)29(39)20(5)26(37)18(3)15-35(11,42)31(48-33-27(38)17(2)14-19(4)44-33)21(6)28(22(7)32(41)46-24)47-25-16-34(9,10)30(40)23(8)45-25/h18-26,28-32,34,39-41,43H,14-17H2,1-13H3;17-25,27-31,33,38-40,42-43H,13-16H2,1-12H3/t18-,19+,20+,21-,22-,23+,24-,25+,26-,28+,29-,30+,31-,32+,34-,37+;17-,18+,19+,20-,21-,22+,23-,24+,25-,27+,28-,29+,30-,31+,33-,35-,36+/m00/s1. The van der Waals surface area contributed by atoms with E-state index < -0.39 is 209 Å². The minimum absolute atomic E-state index is 0.0796. The number of carbonyl (C=O) groups excluding carboxylic acids is 4. The van der Waals surface area contributed by atoms with E-state index in [1.807, 2.05) is 83.1 Å². The van der Waals surface area contributed by atoms with Gasteiger partial charge < -0.3 is 93.3 Å². The van der Waals surface area contributed by atoms with E-state index in [1.54, 1.807) is 62.3 Å². The van der Waals surface area contributed by atoms with Crippen LogP contribution in [0.1, 0.15) is 224 Å². The molecule has 0 aromatic heterocycles. The summed E-state index contributed by atoms with van der Waals surface area (Å²) in [5.41, 5.74) is -7.48. The Morgan fingerprint density at radius 3 is 1.09 bits per heavy atom. The van der Waals surface area contributed by atoms with Crippen molar-refractivity contribution < 1.29 is 113 Å². The third-order valence-electron chi connectivity index (χ3n) is 22.9. The highest BCUT2D eigenvalue weighted by molar-refractivity contribution is 5.84. The molecule has 6 saturated heterocycles. The van der Waals surface area contributed by atoms with Gasteiger partial charge >= 0.3 is 11.9 Å². The third-order valence-corrected chi connectivity index (χ3v) is 22.9. The van der Waals surface area contributed by atoms with Crippen molar-refractivity contribution >= 4 is 23.5 Å². The van der Waals surface area contributed by atoms with Crippen LogP contribution in [-0.2, 0) is 66.5 Å². The number of aliphatic hydroxyl groups excluding tert-OH is 6. The number of aliphatic hydroxyl groups is 9. The number of hydrogen-bond acceptors (Lipinski definition) is 23. The number of ketones is 2. The van der Waals surface area contributed by atoms with Gasteiger partial charge in [0.1, 0.15) is 47.2 Å². The summed E-state index contributed by atoms with van der Waals surface area (Å²) in [4.78, 5) is 55.6. The predicted molar refractivity (Wildman–Crippen MR) is 356 cm³/mol. The summed E-state index contributed by atoms with van der Waals surface area (Å²) in [5, 5.41) is 102. The summed E-state index contributed by atoms with van der Waals surface area (Å²) >= 11 is 0. The molecule has 560 valence electrons. The zero-order valence-corrected chi connectivity index (χ0v) is 62.7. The summed E-state index contributed by atoms with van der Waals surface area (Å²) in [6.45, 7) is 44.2. The molecule has 96 heavy (non-hydrogen) atoms. The first-order valence-corrected chi connectivity index (χ1v) is 35.9. The second kappa shape index (κ2) is 32.9. The number of cyclic esters (lactones) is 2. The molecule has 0 saturated carbocycles. The Morgan fingerprint density at radius 2 is 0.750 bits per heavy atom. The Kier molecular flexibility index (Phi) is 28.9. The van der Waals surface area contributed by atoms with Crippen molar-refractivity contribution in [2.45, 2.75) is 364 Å². The van der Waals surface area contributed by atoms with Gasteiger partial charge in [0.05, 0.1) is 90.7 Å². The highest BCUT2D eigenvalue weighted by Crippen LogP contribution is 2.47. The number of rotatable bonds is 10. The minimum atomic E-state index is -1.97. The first-order valence-electron chi connectivity index (χ1n) is 35.9. The molecular formula is C73H130O23. The first-order chi connectivity index (χ1) is 43.9. The molecule has 0 unspecified atom stereocenters. The lowest BCUT2D eigenvalue weighted by molar-refractivity contribution is -0.312. The molecule has 6 rings (SSSR count). The lowest BCUT2D eigenvalue weighted by atomic mass is 9.69. The van der Waals surface area contributed by atoms with Crippen LogP contribution in [0, 0.1) is 75.4 Å². The SMILES string of the molecule is CC[C@H]1OC(=O)[C@H](C)[C@@H](O[C@H]2CC(C)(C)[C@@H](O)[C@H](C)O2)[C@H](C)[C@@H](O[C@@H]2O[C@H](C)C[C@H](C)[C@H]2O)C(C)(C)C[C@@H](C)C(=O)[C@H](C)[C@@H](O)[C@]1(C)O.CC[C@H]1OC(=O)[C@H](C)[C@@H](O[C@H]2CC(C)(C)[C@@H](O)[C@H](C)O2)[C@H](C)[C@@H](O[C@@H]2O[C@H](C)C[C@H](C)[C@H]2O)[C@@](C)(O)C[C@@H](C)C(=O)[C@H](C)[C@@H](O)[C@]1(C)O. The summed E-state index contributed by atoms with van der Waals surface area (Å²) < 4.78 is 62.9. The molecule has 0 spiro atoms. The van der Waals surface area contributed by atoms with Crippen molar-refractivity contribution in [2.75, 3.05) is 0 Å². The van der Waals surface area contributed by atoms with Gasteiger partial charge in [0, 0.05) is 48.3 Å². The summed E-state index contributed by atoms with van der Waals surface area (Å²) in [6, 6.07) is 0.